The Balaban J connectivity index is 1.88. The number of hydrogen-bond donors (Lipinski definition) is 1. The van der Waals surface area contributed by atoms with Gasteiger partial charge in [-0.2, -0.15) is 0 Å². The molecule has 4 rings (SSSR count). The van der Waals surface area contributed by atoms with E-state index < -0.39 is 75.0 Å². The van der Waals surface area contributed by atoms with Crippen molar-refractivity contribution in [3.63, 3.8) is 0 Å². The molecule has 9 heteroatoms. The van der Waals surface area contributed by atoms with E-state index in [9.17, 15) is 23.9 Å². The molecule has 0 radical (unpaired) electrons. The highest BCUT2D eigenvalue weighted by Crippen LogP contribution is 2.72. The van der Waals surface area contributed by atoms with Crippen molar-refractivity contribution in [2.45, 2.75) is 70.5 Å². The number of rotatable bonds is 3. The smallest absolute Gasteiger partial charge is 0.303 e. The molecule has 33 heavy (non-hydrogen) atoms. The molecular weight excluding hydrogens is 457 g/mol. The number of alkyl halides is 3. The monoisotopic (exact) mass is 486 g/mol. The van der Waals surface area contributed by atoms with Crippen LogP contribution in [0.5, 0.6) is 0 Å². The predicted molar refractivity (Wildman–Crippen MR) is 116 cm³/mol. The molecular formula is C24H29F3O5S. The van der Waals surface area contributed by atoms with Crippen molar-refractivity contribution in [2.75, 3.05) is 6.01 Å². The minimum absolute atomic E-state index is 0.0118. The number of fused-ring (bicyclic) bond motifs is 5. The number of hydrogen-bond acceptors (Lipinski definition) is 6. The van der Waals surface area contributed by atoms with Crippen molar-refractivity contribution >= 4 is 28.6 Å². The first-order valence-electron chi connectivity index (χ1n) is 11.2. The largest absolute Gasteiger partial charge is 0.449 e. The first-order valence-corrected chi connectivity index (χ1v) is 12.2. The first-order chi connectivity index (χ1) is 15.3. The van der Waals surface area contributed by atoms with Crippen LogP contribution in [0.1, 0.15) is 47.0 Å². The maximum absolute atomic E-state index is 17.2. The maximum atomic E-state index is 17.2. The number of aliphatic hydroxyl groups excluding tert-OH is 1. The van der Waals surface area contributed by atoms with Crippen LogP contribution in [0.15, 0.2) is 23.8 Å². The molecule has 1 N–H and O–H groups in total. The van der Waals surface area contributed by atoms with Crippen molar-refractivity contribution in [1.82, 2.24) is 0 Å². The predicted octanol–water partition coefficient (Wildman–Crippen LogP) is 4.04. The molecule has 9 atom stereocenters. The number of ketones is 1. The summed E-state index contributed by atoms with van der Waals surface area (Å²) in [7, 11) is 0. The third-order valence-electron chi connectivity index (χ3n) is 8.96. The summed E-state index contributed by atoms with van der Waals surface area (Å²) in [5.74, 6) is -3.39. The van der Waals surface area contributed by atoms with E-state index in [-0.39, 0.29) is 24.8 Å². The molecule has 0 heterocycles. The lowest BCUT2D eigenvalue weighted by Crippen LogP contribution is -2.70. The SMILES string of the molecule is CC(=O)O[C@]1(C(=O)SCF)[C@H](C)C[C@H]2C3C[C@H](F)C4=CC(=O)C=C[C@]4(C)[C@@]3(F)[C@@H](O)C[C@@]21C. The molecule has 0 aromatic heterocycles. The summed E-state index contributed by atoms with van der Waals surface area (Å²) in [6.07, 6.45) is 0.152. The lowest BCUT2D eigenvalue weighted by Gasteiger charge is -2.63. The van der Waals surface area contributed by atoms with Crippen molar-refractivity contribution in [1.29, 1.82) is 0 Å². The number of esters is 1. The Kier molecular flexibility index (Phi) is 5.72. The normalized spacial score (nSPS) is 48.4. The molecule has 182 valence electrons. The molecule has 0 spiro atoms. The van der Waals surface area contributed by atoms with Gasteiger partial charge in [0.15, 0.2) is 17.1 Å². The van der Waals surface area contributed by atoms with E-state index in [2.05, 4.69) is 0 Å². The highest BCUT2D eigenvalue weighted by Gasteiger charge is 2.78. The molecule has 1 unspecified atom stereocenters. The molecule has 0 amide bonds. The van der Waals surface area contributed by atoms with Gasteiger partial charge in [0.2, 0.25) is 5.12 Å². The van der Waals surface area contributed by atoms with E-state index in [0.717, 1.165) is 13.0 Å². The van der Waals surface area contributed by atoms with Crippen LogP contribution < -0.4 is 0 Å². The summed E-state index contributed by atoms with van der Waals surface area (Å²) in [4.78, 5) is 37.3. The number of carbonyl (C=O) groups is 3. The Bertz CT molecular complexity index is 968. The van der Waals surface area contributed by atoms with Crippen LogP contribution in [0.3, 0.4) is 0 Å². The van der Waals surface area contributed by atoms with Crippen LogP contribution in [-0.4, -0.2) is 51.5 Å². The molecule has 3 fully saturated rings. The van der Waals surface area contributed by atoms with Gasteiger partial charge in [0, 0.05) is 29.6 Å². The average molecular weight is 487 g/mol. The lowest BCUT2D eigenvalue weighted by molar-refractivity contribution is -0.228. The van der Waals surface area contributed by atoms with Crippen molar-refractivity contribution in [2.24, 2.45) is 28.6 Å². The molecule has 0 aromatic carbocycles. The average Bonchev–Trinajstić information content (AvgIpc) is 2.93. The molecule has 0 aliphatic heterocycles. The zero-order valence-electron chi connectivity index (χ0n) is 19.1. The fraction of sp³-hybridized carbons (Fsp3) is 0.708. The quantitative estimate of drug-likeness (QED) is 0.607. The van der Waals surface area contributed by atoms with Crippen LogP contribution in [0.25, 0.3) is 0 Å². The second-order valence-corrected chi connectivity index (χ2v) is 11.2. The van der Waals surface area contributed by atoms with Crippen molar-refractivity contribution in [3.05, 3.63) is 23.8 Å². The molecule has 4 aliphatic carbocycles. The number of allylic oxidation sites excluding steroid dienone is 4. The van der Waals surface area contributed by atoms with Gasteiger partial charge in [0.05, 0.1) is 6.10 Å². The summed E-state index contributed by atoms with van der Waals surface area (Å²) < 4.78 is 51.5. The standard InChI is InChI=1S/C24H29F3O5S/c1-12-7-15-16-9-18(26)17-8-14(29)5-6-21(17,3)23(16,27)19(30)10-22(15,4)24(12,32-13(2)28)20(31)33-11-25/h5-6,8,12,15-16,18-19,30H,7,9-11H2,1-4H3/t12-,15+,16?,18+,19+,21+,22+,23+,24+/m1/s1. The molecule has 0 saturated heterocycles. The molecule has 3 saturated carbocycles. The lowest BCUT2D eigenvalue weighted by atomic mass is 9.44. The van der Waals surface area contributed by atoms with Crippen LogP contribution in [0.4, 0.5) is 13.2 Å². The van der Waals surface area contributed by atoms with E-state index in [1.165, 1.54) is 19.1 Å². The maximum Gasteiger partial charge on any atom is 0.303 e. The zero-order chi connectivity index (χ0) is 24.6. The van der Waals surface area contributed by atoms with E-state index in [1.807, 2.05) is 0 Å². The highest BCUT2D eigenvalue weighted by atomic mass is 32.2. The Morgan fingerprint density at radius 3 is 2.55 bits per heavy atom. The van der Waals surface area contributed by atoms with Gasteiger partial charge in [-0.15, -0.1) is 0 Å². The summed E-state index contributed by atoms with van der Waals surface area (Å²) >= 11 is 0.385. The number of halogens is 3. The fourth-order valence-electron chi connectivity index (χ4n) is 7.60. The van der Waals surface area contributed by atoms with E-state index >= 15 is 8.78 Å². The summed E-state index contributed by atoms with van der Waals surface area (Å²) in [6.45, 7) is 5.99. The third-order valence-corrected chi connectivity index (χ3v) is 9.64. The number of thioether (sulfide) groups is 1. The molecule has 4 aliphatic rings. The zero-order valence-corrected chi connectivity index (χ0v) is 19.9. The number of carbonyl (C=O) groups excluding carboxylic acids is 3. The van der Waals surface area contributed by atoms with Crippen molar-refractivity contribution in [3.8, 4) is 0 Å². The Morgan fingerprint density at radius 2 is 1.94 bits per heavy atom. The van der Waals surface area contributed by atoms with Gasteiger partial charge in [-0.3, -0.25) is 14.4 Å². The Labute approximate surface area is 195 Å². The van der Waals surface area contributed by atoms with E-state index in [1.54, 1.807) is 13.8 Å². The molecule has 0 aromatic rings. The van der Waals surface area contributed by atoms with Crippen LogP contribution in [0.2, 0.25) is 0 Å². The third kappa shape index (κ3) is 2.93. The Hall–Kier alpha value is -1.61. The number of aliphatic hydroxyl groups is 1. The van der Waals surface area contributed by atoms with Gasteiger partial charge < -0.3 is 9.84 Å². The molecule has 5 nitrogen and oxygen atoms in total. The minimum atomic E-state index is -2.30. The fourth-order valence-corrected chi connectivity index (χ4v) is 8.39. The van der Waals surface area contributed by atoms with Gasteiger partial charge in [-0.1, -0.05) is 19.9 Å². The minimum Gasteiger partial charge on any atom is -0.449 e. The van der Waals surface area contributed by atoms with Gasteiger partial charge in [-0.25, -0.2) is 13.2 Å². The van der Waals surface area contributed by atoms with E-state index in [0.29, 0.717) is 11.8 Å². The van der Waals surface area contributed by atoms with Gasteiger partial charge in [0.1, 0.15) is 12.2 Å². The van der Waals surface area contributed by atoms with Crippen LogP contribution in [-0.2, 0) is 19.1 Å². The summed E-state index contributed by atoms with van der Waals surface area (Å²) in [6, 6.07) is -1.02. The topological polar surface area (TPSA) is 80.7 Å². The first kappa shape index (κ1) is 24.5. The Morgan fingerprint density at radius 1 is 1.27 bits per heavy atom. The summed E-state index contributed by atoms with van der Waals surface area (Å²) in [5.41, 5.74) is -6.84. The second-order valence-electron chi connectivity index (χ2n) is 10.4. The second kappa shape index (κ2) is 7.70. The van der Waals surface area contributed by atoms with Gasteiger partial charge >= 0.3 is 5.97 Å². The van der Waals surface area contributed by atoms with E-state index in [4.69, 9.17) is 4.74 Å². The van der Waals surface area contributed by atoms with Gasteiger partial charge in [-0.05, 0) is 61.6 Å². The van der Waals surface area contributed by atoms with Gasteiger partial charge in [0.25, 0.3) is 0 Å². The number of ether oxygens (including phenoxy) is 1. The highest BCUT2D eigenvalue weighted by molar-refractivity contribution is 8.13. The molecule has 0 bridgehead atoms. The summed E-state index contributed by atoms with van der Waals surface area (Å²) in [5, 5.41) is 10.6. The van der Waals surface area contributed by atoms with Crippen LogP contribution in [0, 0.1) is 28.6 Å². The van der Waals surface area contributed by atoms with Crippen LogP contribution >= 0.6 is 11.8 Å². The van der Waals surface area contributed by atoms with Crippen molar-refractivity contribution < 1.29 is 37.4 Å².